The lowest BCUT2D eigenvalue weighted by atomic mass is 10.3. The van der Waals surface area contributed by atoms with Gasteiger partial charge in [-0.15, -0.1) is 0 Å². The van der Waals surface area contributed by atoms with Gasteiger partial charge in [-0.2, -0.15) is 11.8 Å². The van der Waals surface area contributed by atoms with Crippen molar-refractivity contribution in [3.05, 3.63) is 18.5 Å². The van der Waals surface area contributed by atoms with E-state index in [1.54, 1.807) is 12.4 Å². The van der Waals surface area contributed by atoms with Crippen molar-refractivity contribution in [1.29, 1.82) is 0 Å². The average Bonchev–Trinajstić information content (AvgIpc) is 2.63. The molecule has 2 rings (SSSR count). The molecule has 2 heterocycles. The zero-order valence-electron chi connectivity index (χ0n) is 14.7. The minimum absolute atomic E-state index is 0.816. The number of guanidine groups is 1. The minimum Gasteiger partial charge on any atom is -0.357 e. The third-order valence-corrected chi connectivity index (χ3v) is 4.45. The van der Waals surface area contributed by atoms with E-state index < -0.39 is 0 Å². The Morgan fingerprint density at radius 1 is 1.21 bits per heavy atom. The Balaban J connectivity index is 1.70. The maximum atomic E-state index is 4.66. The highest BCUT2D eigenvalue weighted by Gasteiger charge is 2.18. The Morgan fingerprint density at radius 3 is 2.62 bits per heavy atom. The van der Waals surface area contributed by atoms with Crippen molar-refractivity contribution in [3.63, 3.8) is 0 Å². The topological polar surface area (TPSA) is 68.7 Å². The summed E-state index contributed by atoms with van der Waals surface area (Å²) >= 11 is 1.84. The fourth-order valence-corrected chi connectivity index (χ4v) is 2.85. The molecule has 0 unspecified atom stereocenters. The van der Waals surface area contributed by atoms with Crippen molar-refractivity contribution in [2.24, 2.45) is 4.99 Å². The van der Waals surface area contributed by atoms with Crippen LogP contribution in [0.25, 0.3) is 0 Å². The van der Waals surface area contributed by atoms with Crippen LogP contribution in [0.2, 0.25) is 0 Å². The summed E-state index contributed by atoms with van der Waals surface area (Å²) in [7, 11) is 0. The van der Waals surface area contributed by atoms with Gasteiger partial charge >= 0.3 is 0 Å². The first-order valence-electron chi connectivity index (χ1n) is 8.59. The summed E-state index contributed by atoms with van der Waals surface area (Å²) in [6.45, 7) is 9.74. The molecule has 1 saturated heterocycles. The highest BCUT2D eigenvalue weighted by Crippen LogP contribution is 2.09. The van der Waals surface area contributed by atoms with Crippen molar-refractivity contribution < 1.29 is 0 Å². The van der Waals surface area contributed by atoms with E-state index in [0.29, 0.717) is 0 Å². The molecule has 1 fully saturated rings. The number of aromatic nitrogens is 2. The van der Waals surface area contributed by atoms with E-state index in [1.165, 1.54) is 0 Å². The van der Waals surface area contributed by atoms with Crippen LogP contribution < -0.4 is 15.5 Å². The number of anilines is 1. The summed E-state index contributed by atoms with van der Waals surface area (Å²) in [6, 6.07) is 1.85. The second-order valence-corrected chi connectivity index (χ2v) is 6.54. The Morgan fingerprint density at radius 2 is 1.96 bits per heavy atom. The summed E-state index contributed by atoms with van der Waals surface area (Å²) in [5, 5.41) is 6.66. The van der Waals surface area contributed by atoms with Crippen LogP contribution in [0.3, 0.4) is 0 Å². The third kappa shape index (κ3) is 6.52. The Bertz CT molecular complexity index is 475. The first kappa shape index (κ1) is 18.8. The van der Waals surface area contributed by atoms with Crippen LogP contribution >= 0.6 is 11.8 Å². The predicted octanol–water partition coefficient (Wildman–Crippen LogP) is 0.517. The molecule has 1 aromatic rings. The van der Waals surface area contributed by atoms with Crippen LogP contribution in [0.4, 0.5) is 5.95 Å². The van der Waals surface area contributed by atoms with E-state index in [-0.39, 0.29) is 0 Å². The van der Waals surface area contributed by atoms with Gasteiger partial charge in [-0.1, -0.05) is 0 Å². The molecule has 0 radical (unpaired) electrons. The molecule has 0 bridgehead atoms. The molecule has 24 heavy (non-hydrogen) atoms. The zero-order valence-corrected chi connectivity index (χ0v) is 15.6. The van der Waals surface area contributed by atoms with Gasteiger partial charge in [0.2, 0.25) is 5.95 Å². The van der Waals surface area contributed by atoms with E-state index in [9.17, 15) is 0 Å². The number of nitrogens with zero attached hydrogens (tertiary/aromatic N) is 5. The summed E-state index contributed by atoms with van der Waals surface area (Å²) < 4.78 is 0. The number of hydrogen-bond acceptors (Lipinski definition) is 6. The molecule has 1 aliphatic heterocycles. The maximum absolute atomic E-state index is 4.66. The summed E-state index contributed by atoms with van der Waals surface area (Å²) in [4.78, 5) is 18.0. The molecule has 1 aliphatic rings. The fraction of sp³-hybridized carbons (Fsp3) is 0.688. The van der Waals surface area contributed by atoms with Gasteiger partial charge in [-0.3, -0.25) is 9.89 Å². The van der Waals surface area contributed by atoms with E-state index >= 15 is 0 Å². The van der Waals surface area contributed by atoms with Gasteiger partial charge in [-0.25, -0.2) is 9.97 Å². The lowest BCUT2D eigenvalue weighted by Gasteiger charge is -2.34. The van der Waals surface area contributed by atoms with Gasteiger partial charge in [0.25, 0.3) is 0 Å². The number of piperazine rings is 1. The van der Waals surface area contributed by atoms with Crippen molar-refractivity contribution in [2.75, 3.05) is 69.3 Å². The number of nitrogens with one attached hydrogen (secondary N) is 2. The second kappa shape index (κ2) is 11.1. The first-order chi connectivity index (χ1) is 11.8. The fourth-order valence-electron chi connectivity index (χ4n) is 2.54. The highest BCUT2D eigenvalue weighted by atomic mass is 32.2. The van der Waals surface area contributed by atoms with Crippen molar-refractivity contribution >= 4 is 23.7 Å². The molecule has 0 aliphatic carbocycles. The van der Waals surface area contributed by atoms with E-state index in [4.69, 9.17) is 0 Å². The molecular weight excluding hydrogens is 322 g/mol. The molecule has 134 valence electrons. The number of thioether (sulfide) groups is 1. The van der Waals surface area contributed by atoms with Crippen molar-refractivity contribution in [3.8, 4) is 0 Å². The monoisotopic (exact) mass is 351 g/mol. The van der Waals surface area contributed by atoms with Crippen LogP contribution in [-0.2, 0) is 0 Å². The van der Waals surface area contributed by atoms with E-state index in [1.807, 2.05) is 17.8 Å². The van der Waals surface area contributed by atoms with Crippen LogP contribution in [0, 0.1) is 0 Å². The SMILES string of the molecule is CCNC(=NCCN1CCN(c2ncccn2)CC1)NCCSC. The molecule has 0 amide bonds. The number of hydrogen-bond donors (Lipinski definition) is 2. The van der Waals surface area contributed by atoms with Crippen molar-refractivity contribution in [2.45, 2.75) is 6.92 Å². The number of aliphatic imine (C=N–C) groups is 1. The molecule has 0 aromatic carbocycles. The quantitative estimate of drug-likeness (QED) is 0.402. The molecule has 0 atom stereocenters. The molecule has 1 aromatic heterocycles. The van der Waals surface area contributed by atoms with Crippen LogP contribution in [0.5, 0.6) is 0 Å². The van der Waals surface area contributed by atoms with Crippen LogP contribution in [0.15, 0.2) is 23.5 Å². The standard InChI is InChI=1S/C16H29N7S/c1-3-17-15(19-8-14-24-2)18-7-9-22-10-12-23(13-11-22)16-20-5-4-6-21-16/h4-6H,3,7-14H2,1-2H3,(H2,17,18,19). The largest absolute Gasteiger partial charge is 0.357 e. The zero-order chi connectivity index (χ0) is 17.0. The Labute approximate surface area is 149 Å². The normalized spacial score (nSPS) is 16.2. The van der Waals surface area contributed by atoms with Crippen molar-refractivity contribution in [1.82, 2.24) is 25.5 Å². The Kier molecular flexibility index (Phi) is 8.69. The van der Waals surface area contributed by atoms with E-state index in [2.05, 4.69) is 48.6 Å². The Hall–Kier alpha value is -1.54. The highest BCUT2D eigenvalue weighted by molar-refractivity contribution is 7.98. The number of rotatable bonds is 8. The summed E-state index contributed by atoms with van der Waals surface area (Å²) in [6.07, 6.45) is 5.72. The maximum Gasteiger partial charge on any atom is 0.225 e. The average molecular weight is 352 g/mol. The van der Waals surface area contributed by atoms with Gasteiger partial charge in [-0.05, 0) is 19.2 Å². The first-order valence-corrected chi connectivity index (χ1v) is 9.98. The minimum atomic E-state index is 0.816. The van der Waals surface area contributed by atoms with Crippen LogP contribution in [0.1, 0.15) is 6.92 Å². The van der Waals surface area contributed by atoms with Gasteiger partial charge in [0, 0.05) is 64.0 Å². The molecule has 2 N–H and O–H groups in total. The van der Waals surface area contributed by atoms with Gasteiger partial charge in [0.15, 0.2) is 5.96 Å². The second-order valence-electron chi connectivity index (χ2n) is 5.56. The van der Waals surface area contributed by atoms with Gasteiger partial charge in [0.05, 0.1) is 6.54 Å². The molecular formula is C16H29N7S. The van der Waals surface area contributed by atoms with E-state index in [0.717, 1.165) is 70.0 Å². The lowest BCUT2D eigenvalue weighted by molar-refractivity contribution is 0.263. The lowest BCUT2D eigenvalue weighted by Crippen LogP contribution is -2.47. The summed E-state index contributed by atoms with van der Waals surface area (Å²) in [5.74, 6) is 2.85. The smallest absolute Gasteiger partial charge is 0.225 e. The van der Waals surface area contributed by atoms with Gasteiger partial charge < -0.3 is 15.5 Å². The molecule has 7 nitrogen and oxygen atoms in total. The molecule has 8 heteroatoms. The predicted molar refractivity (Wildman–Crippen MR) is 103 cm³/mol. The summed E-state index contributed by atoms with van der Waals surface area (Å²) in [5.41, 5.74) is 0. The van der Waals surface area contributed by atoms with Crippen LogP contribution in [-0.4, -0.2) is 85.2 Å². The molecule has 0 spiro atoms. The third-order valence-electron chi connectivity index (χ3n) is 3.84. The molecule has 0 saturated carbocycles. The van der Waals surface area contributed by atoms with Gasteiger partial charge in [0.1, 0.15) is 0 Å².